The third kappa shape index (κ3) is 5.95. The Balaban J connectivity index is 1.78. The number of hydrogen-bond acceptors (Lipinski definition) is 6. The van der Waals surface area contributed by atoms with Gasteiger partial charge in [-0.2, -0.15) is 17.7 Å². The highest BCUT2D eigenvalue weighted by Gasteiger charge is 2.34. The van der Waals surface area contributed by atoms with Crippen molar-refractivity contribution >= 4 is 30.6 Å². The maximum absolute atomic E-state index is 14.5. The van der Waals surface area contributed by atoms with Crippen LogP contribution in [0.3, 0.4) is 0 Å². The summed E-state index contributed by atoms with van der Waals surface area (Å²) >= 11 is 4.68. The lowest BCUT2D eigenvalue weighted by molar-refractivity contribution is -0.147. The molecule has 1 aliphatic heterocycles. The van der Waals surface area contributed by atoms with Gasteiger partial charge in [-0.25, -0.2) is 9.18 Å². The van der Waals surface area contributed by atoms with Crippen molar-refractivity contribution in [3.63, 3.8) is 0 Å². The summed E-state index contributed by atoms with van der Waals surface area (Å²) in [5.41, 5.74) is 1.98. The minimum atomic E-state index is -0.844. The molecule has 1 N–H and O–H groups in total. The van der Waals surface area contributed by atoms with Crippen molar-refractivity contribution in [2.75, 3.05) is 20.2 Å². The summed E-state index contributed by atoms with van der Waals surface area (Å²) in [5, 5.41) is 13.2. The number of hydrogen-bond donors (Lipinski definition) is 2. The molecule has 1 aromatic heterocycles. The molecular weight excluding hydrogens is 421 g/mol. The van der Waals surface area contributed by atoms with Crippen LogP contribution < -0.4 is 0 Å². The predicted octanol–water partition coefficient (Wildman–Crippen LogP) is 3.19. The molecule has 2 aromatic rings. The quantitative estimate of drug-likeness (QED) is 0.478. The maximum Gasteiger partial charge on any atom is 0.327 e. The van der Waals surface area contributed by atoms with E-state index in [0.717, 1.165) is 11.3 Å². The van der Waals surface area contributed by atoms with Crippen molar-refractivity contribution in [1.82, 2.24) is 14.7 Å². The molecular formula is C22H26FN3O4S. The molecule has 0 saturated carbocycles. The van der Waals surface area contributed by atoms with Crippen molar-refractivity contribution in [2.24, 2.45) is 0 Å². The fraction of sp³-hybridized carbons (Fsp3) is 0.409. The molecule has 1 aliphatic rings. The van der Waals surface area contributed by atoms with E-state index in [4.69, 9.17) is 9.84 Å². The summed E-state index contributed by atoms with van der Waals surface area (Å²) in [6.45, 7) is 1.51. The predicted molar refractivity (Wildman–Crippen MR) is 117 cm³/mol. The van der Waals surface area contributed by atoms with E-state index in [-0.39, 0.29) is 17.2 Å². The van der Waals surface area contributed by atoms with Gasteiger partial charge < -0.3 is 9.84 Å². The first-order valence-electron chi connectivity index (χ1n) is 10.1. The lowest BCUT2D eigenvalue weighted by atomic mass is 9.97. The molecule has 0 bridgehead atoms. The van der Waals surface area contributed by atoms with Gasteiger partial charge in [-0.05, 0) is 36.6 Å². The number of carbonyl (C=O) groups is 2. The van der Waals surface area contributed by atoms with E-state index >= 15 is 0 Å². The van der Waals surface area contributed by atoms with Gasteiger partial charge in [-0.15, -0.1) is 0 Å². The van der Waals surface area contributed by atoms with E-state index in [1.165, 1.54) is 13.2 Å². The second kappa shape index (κ2) is 10.6. The molecule has 1 aromatic carbocycles. The highest BCUT2D eigenvalue weighted by molar-refractivity contribution is 7.81. The molecule has 166 valence electrons. The zero-order chi connectivity index (χ0) is 22.4. The summed E-state index contributed by atoms with van der Waals surface area (Å²) in [6, 6.07) is 7.24. The minimum absolute atomic E-state index is 0.00710. The molecule has 1 fully saturated rings. The summed E-state index contributed by atoms with van der Waals surface area (Å²) < 4.78 is 21.1. The van der Waals surface area contributed by atoms with Gasteiger partial charge in [0.05, 0.1) is 12.8 Å². The smallest absolute Gasteiger partial charge is 0.327 e. The normalized spacial score (nSPS) is 19.3. The van der Waals surface area contributed by atoms with Crippen molar-refractivity contribution in [3.05, 3.63) is 59.2 Å². The van der Waals surface area contributed by atoms with Crippen LogP contribution in [0.2, 0.25) is 0 Å². The molecule has 0 spiro atoms. The second-order valence-corrected chi connectivity index (χ2v) is 8.07. The van der Waals surface area contributed by atoms with Crippen LogP contribution in [0.15, 0.2) is 42.1 Å². The SMILES string of the molecule is COC(=O)C(c1ccccc1F)N1CCC(S)C(=Cc2ccn(CCCC(=O)O)n2)C1. The van der Waals surface area contributed by atoms with Gasteiger partial charge in [0.15, 0.2) is 0 Å². The number of methoxy groups -OCH3 is 1. The Bertz CT molecular complexity index is 962. The van der Waals surface area contributed by atoms with Crippen LogP contribution in [0.5, 0.6) is 0 Å². The standard InChI is InChI=1S/C22H26FN3O4S/c1-30-22(29)21(17-5-2-3-6-18(17)23)25-11-9-19(31)15(14-25)13-16-8-12-26(24-16)10-4-7-20(27)28/h2-3,5-6,8,12-13,19,21,31H,4,7,9-11,14H2,1H3,(H,27,28). The molecule has 9 heteroatoms. The number of nitrogens with zero attached hydrogens (tertiary/aromatic N) is 3. The molecule has 1 saturated heterocycles. The third-order valence-corrected chi connectivity index (χ3v) is 5.86. The zero-order valence-electron chi connectivity index (χ0n) is 17.3. The Labute approximate surface area is 185 Å². The number of benzene rings is 1. The van der Waals surface area contributed by atoms with E-state index in [1.54, 1.807) is 29.1 Å². The van der Waals surface area contributed by atoms with E-state index < -0.39 is 23.8 Å². The highest BCUT2D eigenvalue weighted by atomic mass is 32.1. The third-order valence-electron chi connectivity index (χ3n) is 5.27. The van der Waals surface area contributed by atoms with Gasteiger partial charge in [0.1, 0.15) is 11.9 Å². The Kier molecular flexibility index (Phi) is 7.86. The number of likely N-dealkylation sites (tertiary alicyclic amines) is 1. The molecule has 7 nitrogen and oxygen atoms in total. The molecule has 2 atom stereocenters. The number of carboxylic acid groups (broad SMARTS) is 1. The monoisotopic (exact) mass is 447 g/mol. The van der Waals surface area contributed by atoms with Gasteiger partial charge in [0.25, 0.3) is 0 Å². The Morgan fingerprint density at radius 3 is 2.87 bits per heavy atom. The van der Waals surface area contributed by atoms with Crippen LogP contribution in [-0.4, -0.2) is 57.2 Å². The number of aromatic nitrogens is 2. The first kappa shape index (κ1) is 23.0. The molecule has 2 heterocycles. The van der Waals surface area contributed by atoms with E-state index in [0.29, 0.717) is 32.5 Å². The second-order valence-electron chi connectivity index (χ2n) is 7.44. The van der Waals surface area contributed by atoms with Crippen LogP contribution in [-0.2, 0) is 20.9 Å². The summed E-state index contributed by atoms with van der Waals surface area (Å²) in [6.07, 6.45) is 5.01. The first-order chi connectivity index (χ1) is 14.9. The number of piperidine rings is 1. The number of ether oxygens (including phenoxy) is 1. The number of esters is 1. The van der Waals surface area contributed by atoms with Gasteiger partial charge in [-0.3, -0.25) is 14.4 Å². The maximum atomic E-state index is 14.5. The van der Waals surface area contributed by atoms with E-state index in [1.807, 2.05) is 17.0 Å². The van der Waals surface area contributed by atoms with Crippen LogP contribution >= 0.6 is 12.6 Å². The number of carbonyl (C=O) groups excluding carboxylic acids is 1. The molecule has 31 heavy (non-hydrogen) atoms. The Morgan fingerprint density at radius 2 is 2.16 bits per heavy atom. The largest absolute Gasteiger partial charge is 0.481 e. The average molecular weight is 448 g/mol. The van der Waals surface area contributed by atoms with Crippen molar-refractivity contribution < 1.29 is 23.8 Å². The molecule has 3 rings (SSSR count). The molecule has 0 radical (unpaired) electrons. The fourth-order valence-corrected chi connectivity index (χ4v) is 3.97. The topological polar surface area (TPSA) is 84.7 Å². The van der Waals surface area contributed by atoms with Gasteiger partial charge >= 0.3 is 11.9 Å². The summed E-state index contributed by atoms with van der Waals surface area (Å²) in [4.78, 5) is 25.1. The molecule has 0 amide bonds. The molecule has 2 unspecified atom stereocenters. The van der Waals surface area contributed by atoms with Crippen LogP contribution in [0, 0.1) is 5.82 Å². The first-order valence-corrected chi connectivity index (χ1v) is 10.6. The Hall–Kier alpha value is -2.65. The van der Waals surface area contributed by atoms with Gasteiger partial charge in [-0.1, -0.05) is 18.2 Å². The number of aliphatic carboxylic acids is 1. The summed E-state index contributed by atoms with van der Waals surface area (Å²) in [5.74, 6) is -1.79. The summed E-state index contributed by atoms with van der Waals surface area (Å²) in [7, 11) is 1.30. The van der Waals surface area contributed by atoms with Crippen molar-refractivity contribution in [3.8, 4) is 0 Å². The lowest BCUT2D eigenvalue weighted by Crippen LogP contribution is -2.42. The van der Waals surface area contributed by atoms with Gasteiger partial charge in [0, 0.05) is 43.1 Å². The van der Waals surface area contributed by atoms with Crippen molar-refractivity contribution in [2.45, 2.75) is 37.1 Å². The van der Waals surface area contributed by atoms with Gasteiger partial charge in [0.2, 0.25) is 0 Å². The molecule has 0 aliphatic carbocycles. The van der Waals surface area contributed by atoms with E-state index in [9.17, 15) is 14.0 Å². The average Bonchev–Trinajstić information content (AvgIpc) is 3.18. The Morgan fingerprint density at radius 1 is 1.39 bits per heavy atom. The van der Waals surface area contributed by atoms with Crippen molar-refractivity contribution in [1.29, 1.82) is 0 Å². The number of thiol groups is 1. The van der Waals surface area contributed by atoms with Crippen LogP contribution in [0.25, 0.3) is 6.08 Å². The fourth-order valence-electron chi connectivity index (χ4n) is 3.70. The number of halogens is 1. The van der Waals surface area contributed by atoms with Crippen LogP contribution in [0.1, 0.15) is 36.6 Å². The minimum Gasteiger partial charge on any atom is -0.481 e. The zero-order valence-corrected chi connectivity index (χ0v) is 18.2. The highest BCUT2D eigenvalue weighted by Crippen LogP contribution is 2.31. The van der Waals surface area contributed by atoms with E-state index in [2.05, 4.69) is 17.7 Å². The lowest BCUT2D eigenvalue weighted by Gasteiger charge is -2.36. The number of carboxylic acids is 1. The number of rotatable bonds is 8. The number of aryl methyl sites for hydroxylation is 1. The van der Waals surface area contributed by atoms with Crippen LogP contribution in [0.4, 0.5) is 4.39 Å².